The molecule has 1 N–H and O–H groups in total. The molecule has 4 aromatic rings. The fraction of sp³-hybridized carbons (Fsp3) is 0.269. The second-order valence-electron chi connectivity index (χ2n) is 8.09. The Kier molecular flexibility index (Phi) is 6.50. The Morgan fingerprint density at radius 1 is 1.06 bits per heavy atom. The zero-order chi connectivity index (χ0) is 22.5. The summed E-state index contributed by atoms with van der Waals surface area (Å²) in [7, 11) is 0. The quantitative estimate of drug-likeness (QED) is 0.447. The molecule has 0 saturated heterocycles. The fourth-order valence-corrected chi connectivity index (χ4v) is 3.85. The number of para-hydroxylation sites is 1. The molecular weight excluding hydrogens is 400 g/mol. The van der Waals surface area contributed by atoms with Crippen LogP contribution in [0, 0.1) is 13.8 Å². The van der Waals surface area contributed by atoms with E-state index in [9.17, 15) is 4.79 Å². The third-order valence-corrected chi connectivity index (χ3v) is 5.45. The molecule has 6 heteroatoms. The van der Waals surface area contributed by atoms with Crippen LogP contribution < -0.4 is 10.1 Å². The molecule has 0 aliphatic heterocycles. The van der Waals surface area contributed by atoms with Gasteiger partial charge in [0, 0.05) is 17.5 Å². The van der Waals surface area contributed by atoms with Gasteiger partial charge < -0.3 is 10.1 Å². The van der Waals surface area contributed by atoms with Crippen molar-refractivity contribution in [3.8, 4) is 11.6 Å². The van der Waals surface area contributed by atoms with Crippen molar-refractivity contribution in [1.82, 2.24) is 20.1 Å². The minimum atomic E-state index is -0.155. The Hall–Kier alpha value is -3.67. The smallest absolute Gasteiger partial charge is 0.258 e. The number of ether oxygens (including phenoxy) is 1. The zero-order valence-corrected chi connectivity index (χ0v) is 18.7. The summed E-state index contributed by atoms with van der Waals surface area (Å²) in [6.07, 6.45) is 1.79. The van der Waals surface area contributed by atoms with Gasteiger partial charge in [-0.05, 0) is 56.9 Å². The van der Waals surface area contributed by atoms with Gasteiger partial charge >= 0.3 is 0 Å². The van der Waals surface area contributed by atoms with Gasteiger partial charge in [-0.15, -0.1) is 0 Å². The second kappa shape index (κ2) is 9.64. The number of nitrogens with one attached hydrogen (secondary N) is 1. The molecule has 1 amide bonds. The van der Waals surface area contributed by atoms with E-state index in [1.807, 2.05) is 80.1 Å². The third-order valence-electron chi connectivity index (χ3n) is 5.45. The topological polar surface area (TPSA) is 69.0 Å². The zero-order valence-electron chi connectivity index (χ0n) is 18.7. The van der Waals surface area contributed by atoms with Crippen molar-refractivity contribution in [2.75, 3.05) is 6.61 Å². The lowest BCUT2D eigenvalue weighted by Gasteiger charge is -2.14. The molecule has 1 atom stereocenters. The highest BCUT2D eigenvalue weighted by atomic mass is 16.5. The molecule has 2 aromatic heterocycles. The Balaban J connectivity index is 1.41. The SMILES string of the molecule is Cc1cc(OCC(=O)NC(C)CCc2ccccc2)nc2c1c(C)nn2-c1ccccc1. The first-order chi connectivity index (χ1) is 15.5. The largest absolute Gasteiger partial charge is 0.468 e. The maximum Gasteiger partial charge on any atom is 0.258 e. The monoisotopic (exact) mass is 428 g/mol. The molecule has 2 heterocycles. The summed E-state index contributed by atoms with van der Waals surface area (Å²) in [5.74, 6) is 0.261. The number of carbonyl (C=O) groups excluding carboxylic acids is 1. The number of carbonyl (C=O) groups is 1. The number of aromatic nitrogens is 3. The van der Waals surface area contributed by atoms with Gasteiger partial charge in [0.1, 0.15) is 0 Å². The van der Waals surface area contributed by atoms with Crippen LogP contribution in [0.25, 0.3) is 16.7 Å². The van der Waals surface area contributed by atoms with Crippen LogP contribution in [0.15, 0.2) is 66.7 Å². The van der Waals surface area contributed by atoms with E-state index in [2.05, 4.69) is 27.5 Å². The lowest BCUT2D eigenvalue weighted by molar-refractivity contribution is -0.123. The number of hydrogen-bond acceptors (Lipinski definition) is 4. The number of nitrogens with zero attached hydrogens (tertiary/aromatic N) is 3. The molecular formula is C26H28N4O2. The molecule has 0 aliphatic rings. The van der Waals surface area contributed by atoms with Crippen LogP contribution in [0.2, 0.25) is 0 Å². The van der Waals surface area contributed by atoms with E-state index < -0.39 is 0 Å². The van der Waals surface area contributed by atoms with Crippen molar-refractivity contribution >= 4 is 16.9 Å². The van der Waals surface area contributed by atoms with Crippen LogP contribution in [0.1, 0.15) is 30.2 Å². The fourth-order valence-electron chi connectivity index (χ4n) is 3.85. The van der Waals surface area contributed by atoms with Crippen LogP contribution in [0.4, 0.5) is 0 Å². The Bertz CT molecular complexity index is 1200. The normalized spacial score (nSPS) is 12.0. The minimum Gasteiger partial charge on any atom is -0.468 e. The van der Waals surface area contributed by atoms with E-state index in [1.54, 1.807) is 0 Å². The molecule has 0 fully saturated rings. The Morgan fingerprint density at radius 2 is 1.75 bits per heavy atom. The molecule has 0 radical (unpaired) electrons. The van der Waals surface area contributed by atoms with E-state index in [0.29, 0.717) is 5.88 Å². The molecule has 32 heavy (non-hydrogen) atoms. The van der Waals surface area contributed by atoms with Gasteiger partial charge in [-0.1, -0.05) is 48.5 Å². The van der Waals surface area contributed by atoms with E-state index in [1.165, 1.54) is 5.56 Å². The molecule has 0 spiro atoms. The molecule has 6 nitrogen and oxygen atoms in total. The minimum absolute atomic E-state index is 0.0608. The molecule has 4 rings (SSSR count). The number of amides is 1. The lowest BCUT2D eigenvalue weighted by atomic mass is 10.1. The van der Waals surface area contributed by atoms with Gasteiger partial charge in [-0.2, -0.15) is 10.1 Å². The highest BCUT2D eigenvalue weighted by Crippen LogP contribution is 2.26. The molecule has 0 saturated carbocycles. The van der Waals surface area contributed by atoms with Crippen LogP contribution in [-0.4, -0.2) is 33.3 Å². The highest BCUT2D eigenvalue weighted by Gasteiger charge is 2.16. The standard InChI is InChI=1S/C26H28N4O2/c1-18-16-24(28-26-25(18)20(3)29-30(26)22-12-8-5-9-13-22)32-17-23(31)27-19(2)14-15-21-10-6-4-7-11-21/h4-13,16,19H,14-15,17H2,1-3H3,(H,27,31). The van der Waals surface area contributed by atoms with Crippen molar-refractivity contribution < 1.29 is 9.53 Å². The molecule has 1 unspecified atom stereocenters. The first-order valence-electron chi connectivity index (χ1n) is 10.9. The number of pyridine rings is 1. The Morgan fingerprint density at radius 3 is 2.47 bits per heavy atom. The van der Waals surface area contributed by atoms with E-state index in [4.69, 9.17) is 4.74 Å². The summed E-state index contributed by atoms with van der Waals surface area (Å²) in [5.41, 5.74) is 4.84. The number of rotatable bonds is 8. The van der Waals surface area contributed by atoms with E-state index in [-0.39, 0.29) is 18.6 Å². The van der Waals surface area contributed by atoms with Gasteiger partial charge in [-0.25, -0.2) is 4.68 Å². The average Bonchev–Trinajstić information content (AvgIpc) is 3.14. The summed E-state index contributed by atoms with van der Waals surface area (Å²) in [5, 5.41) is 8.67. The van der Waals surface area contributed by atoms with Crippen LogP contribution >= 0.6 is 0 Å². The van der Waals surface area contributed by atoms with Gasteiger partial charge in [-0.3, -0.25) is 4.79 Å². The van der Waals surface area contributed by atoms with Crippen molar-refractivity contribution in [2.45, 2.75) is 39.7 Å². The number of fused-ring (bicyclic) bond motifs is 1. The van der Waals surface area contributed by atoms with Crippen molar-refractivity contribution in [1.29, 1.82) is 0 Å². The number of hydrogen-bond donors (Lipinski definition) is 1. The summed E-state index contributed by atoms with van der Waals surface area (Å²) in [4.78, 5) is 17.1. The van der Waals surface area contributed by atoms with Crippen molar-refractivity contribution in [3.63, 3.8) is 0 Å². The third kappa shape index (κ3) is 4.97. The first kappa shape index (κ1) is 21.6. The molecule has 0 bridgehead atoms. The van der Waals surface area contributed by atoms with Gasteiger partial charge in [0.2, 0.25) is 5.88 Å². The van der Waals surface area contributed by atoms with Crippen molar-refractivity contribution in [3.05, 3.63) is 83.6 Å². The van der Waals surface area contributed by atoms with Gasteiger partial charge in [0.25, 0.3) is 5.91 Å². The number of benzene rings is 2. The van der Waals surface area contributed by atoms with Crippen molar-refractivity contribution in [2.24, 2.45) is 0 Å². The first-order valence-corrected chi connectivity index (χ1v) is 10.9. The lowest BCUT2D eigenvalue weighted by Crippen LogP contribution is -2.36. The van der Waals surface area contributed by atoms with Crippen LogP contribution in [-0.2, 0) is 11.2 Å². The Labute approximate surface area is 188 Å². The highest BCUT2D eigenvalue weighted by molar-refractivity contribution is 5.84. The maximum atomic E-state index is 12.4. The number of aryl methyl sites for hydroxylation is 3. The van der Waals surface area contributed by atoms with E-state index >= 15 is 0 Å². The maximum absolute atomic E-state index is 12.4. The molecule has 164 valence electrons. The summed E-state index contributed by atoms with van der Waals surface area (Å²) in [6.45, 7) is 5.91. The predicted molar refractivity (Wildman–Crippen MR) is 126 cm³/mol. The summed E-state index contributed by atoms with van der Waals surface area (Å²) >= 11 is 0. The van der Waals surface area contributed by atoms with E-state index in [0.717, 1.165) is 40.8 Å². The average molecular weight is 429 g/mol. The molecule has 2 aromatic carbocycles. The van der Waals surface area contributed by atoms with Gasteiger partial charge in [0.15, 0.2) is 12.3 Å². The van der Waals surface area contributed by atoms with Crippen LogP contribution in [0.5, 0.6) is 5.88 Å². The summed E-state index contributed by atoms with van der Waals surface area (Å²) in [6, 6.07) is 22.1. The molecule has 0 aliphatic carbocycles. The second-order valence-corrected chi connectivity index (χ2v) is 8.09. The van der Waals surface area contributed by atoms with Gasteiger partial charge in [0.05, 0.1) is 11.4 Å². The summed E-state index contributed by atoms with van der Waals surface area (Å²) < 4.78 is 7.57. The van der Waals surface area contributed by atoms with Crippen LogP contribution in [0.3, 0.4) is 0 Å². The predicted octanol–water partition coefficient (Wildman–Crippen LogP) is 4.55.